The Morgan fingerprint density at radius 1 is 1.19 bits per heavy atom. The molecule has 0 saturated carbocycles. The topological polar surface area (TPSA) is 82.2 Å². The molecule has 4 aromatic rings. The van der Waals surface area contributed by atoms with Gasteiger partial charge in [-0.1, -0.05) is 48.2 Å². The van der Waals surface area contributed by atoms with Crippen molar-refractivity contribution in [2.24, 2.45) is 0 Å². The van der Waals surface area contributed by atoms with E-state index in [9.17, 15) is 4.79 Å². The standard InChI is InChI=1S/C23H22N4O3S/c1-16-10-11-20(29-2)19(13-16)25-22(28)21(17-7-4-3-5-8-17)31-23-26-24-15-27(23)14-18-9-6-12-30-18/h3-13,15,21H,14H2,1-2H3,(H,25,28). The first-order chi connectivity index (χ1) is 15.1. The highest BCUT2D eigenvalue weighted by Gasteiger charge is 2.25. The predicted octanol–water partition coefficient (Wildman–Crippen LogP) is 4.71. The summed E-state index contributed by atoms with van der Waals surface area (Å²) in [4.78, 5) is 13.4. The van der Waals surface area contributed by atoms with Crippen molar-refractivity contribution < 1.29 is 13.9 Å². The van der Waals surface area contributed by atoms with E-state index in [0.29, 0.717) is 23.1 Å². The summed E-state index contributed by atoms with van der Waals surface area (Å²) in [5.41, 5.74) is 2.52. The number of aryl methyl sites for hydroxylation is 1. The number of hydrogen-bond acceptors (Lipinski definition) is 6. The minimum absolute atomic E-state index is 0.173. The fraction of sp³-hybridized carbons (Fsp3) is 0.174. The maximum atomic E-state index is 13.4. The SMILES string of the molecule is COc1ccc(C)cc1NC(=O)C(Sc1nncn1Cc1ccco1)c1ccccc1. The minimum atomic E-state index is -0.536. The van der Waals surface area contributed by atoms with Crippen molar-refractivity contribution in [3.63, 3.8) is 0 Å². The summed E-state index contributed by atoms with van der Waals surface area (Å²) in [6.07, 6.45) is 3.26. The molecule has 0 radical (unpaired) electrons. The van der Waals surface area contributed by atoms with Crippen LogP contribution in [0.15, 0.2) is 82.8 Å². The zero-order chi connectivity index (χ0) is 21.6. The number of methoxy groups -OCH3 is 1. The van der Waals surface area contributed by atoms with Crippen LogP contribution in [0.4, 0.5) is 5.69 Å². The number of benzene rings is 2. The molecule has 0 fully saturated rings. The van der Waals surface area contributed by atoms with Crippen LogP contribution in [0.5, 0.6) is 5.75 Å². The molecule has 7 nitrogen and oxygen atoms in total. The molecule has 1 N–H and O–H groups in total. The zero-order valence-corrected chi connectivity index (χ0v) is 18.0. The van der Waals surface area contributed by atoms with E-state index in [1.165, 1.54) is 11.8 Å². The van der Waals surface area contributed by atoms with E-state index in [2.05, 4.69) is 15.5 Å². The van der Waals surface area contributed by atoms with Gasteiger partial charge in [0.25, 0.3) is 0 Å². The molecule has 2 aromatic carbocycles. The number of ether oxygens (including phenoxy) is 1. The second kappa shape index (κ2) is 9.53. The van der Waals surface area contributed by atoms with Crippen molar-refractivity contribution in [3.8, 4) is 5.75 Å². The number of hydrogen-bond donors (Lipinski definition) is 1. The number of rotatable bonds is 8. The van der Waals surface area contributed by atoms with Crippen LogP contribution in [0.25, 0.3) is 0 Å². The van der Waals surface area contributed by atoms with E-state index in [1.807, 2.05) is 72.2 Å². The summed E-state index contributed by atoms with van der Waals surface area (Å²) < 4.78 is 12.7. The van der Waals surface area contributed by atoms with Gasteiger partial charge in [-0.05, 0) is 42.3 Å². The summed E-state index contributed by atoms with van der Waals surface area (Å²) in [5.74, 6) is 1.22. The lowest BCUT2D eigenvalue weighted by atomic mass is 10.1. The zero-order valence-electron chi connectivity index (χ0n) is 17.2. The van der Waals surface area contributed by atoms with Crippen molar-refractivity contribution >= 4 is 23.4 Å². The van der Waals surface area contributed by atoms with Crippen molar-refractivity contribution in [1.82, 2.24) is 14.8 Å². The molecule has 1 unspecified atom stereocenters. The quantitative estimate of drug-likeness (QED) is 0.405. The molecule has 2 aromatic heterocycles. The number of furan rings is 1. The summed E-state index contributed by atoms with van der Waals surface area (Å²) in [6, 6.07) is 19.0. The monoisotopic (exact) mass is 434 g/mol. The van der Waals surface area contributed by atoms with E-state index in [1.54, 1.807) is 19.7 Å². The molecule has 0 aliphatic rings. The fourth-order valence-corrected chi connectivity index (χ4v) is 4.15. The molecule has 1 atom stereocenters. The third kappa shape index (κ3) is 4.97. The number of carbonyl (C=O) groups excluding carboxylic acids is 1. The summed E-state index contributed by atoms with van der Waals surface area (Å²) in [7, 11) is 1.58. The van der Waals surface area contributed by atoms with Gasteiger partial charge in [0.2, 0.25) is 5.91 Å². The Kier molecular flexibility index (Phi) is 6.37. The highest BCUT2D eigenvalue weighted by atomic mass is 32.2. The van der Waals surface area contributed by atoms with Gasteiger partial charge in [-0.15, -0.1) is 10.2 Å². The largest absolute Gasteiger partial charge is 0.495 e. The first-order valence-corrected chi connectivity index (χ1v) is 10.6. The number of anilines is 1. The van der Waals surface area contributed by atoms with Gasteiger partial charge < -0.3 is 19.0 Å². The fourth-order valence-electron chi connectivity index (χ4n) is 3.14. The molecule has 0 aliphatic carbocycles. The lowest BCUT2D eigenvalue weighted by Crippen LogP contribution is -2.20. The Bertz CT molecular complexity index is 1140. The molecule has 0 aliphatic heterocycles. The lowest BCUT2D eigenvalue weighted by Gasteiger charge is -2.18. The molecular weight excluding hydrogens is 412 g/mol. The van der Waals surface area contributed by atoms with Crippen molar-refractivity contribution in [1.29, 1.82) is 0 Å². The normalized spacial score (nSPS) is 11.8. The van der Waals surface area contributed by atoms with Crippen LogP contribution in [0.2, 0.25) is 0 Å². The molecule has 8 heteroatoms. The number of aromatic nitrogens is 3. The number of carbonyl (C=O) groups is 1. The summed E-state index contributed by atoms with van der Waals surface area (Å²) >= 11 is 1.34. The molecular formula is C23H22N4O3S. The molecule has 158 valence electrons. The molecule has 4 rings (SSSR count). The average Bonchev–Trinajstić information content (AvgIpc) is 3.45. The van der Waals surface area contributed by atoms with Gasteiger partial charge >= 0.3 is 0 Å². The summed E-state index contributed by atoms with van der Waals surface area (Å²) in [5, 5.41) is 11.4. The molecule has 0 saturated heterocycles. The van der Waals surface area contributed by atoms with E-state index in [-0.39, 0.29) is 5.91 Å². The van der Waals surface area contributed by atoms with Gasteiger partial charge in [0.05, 0.1) is 25.6 Å². The average molecular weight is 435 g/mol. The smallest absolute Gasteiger partial charge is 0.242 e. The van der Waals surface area contributed by atoms with Gasteiger partial charge in [0.15, 0.2) is 5.16 Å². The van der Waals surface area contributed by atoms with Crippen molar-refractivity contribution in [2.75, 3.05) is 12.4 Å². The van der Waals surface area contributed by atoms with Gasteiger partial charge in [-0.2, -0.15) is 0 Å². The number of nitrogens with zero attached hydrogens (tertiary/aromatic N) is 3. The summed E-state index contributed by atoms with van der Waals surface area (Å²) in [6.45, 7) is 2.45. The van der Waals surface area contributed by atoms with E-state index in [0.717, 1.165) is 16.9 Å². The molecule has 31 heavy (non-hydrogen) atoms. The third-order valence-electron chi connectivity index (χ3n) is 4.66. The van der Waals surface area contributed by atoms with Crippen LogP contribution < -0.4 is 10.1 Å². The van der Waals surface area contributed by atoms with Crippen LogP contribution in [0.1, 0.15) is 22.1 Å². The van der Waals surface area contributed by atoms with Crippen LogP contribution in [0, 0.1) is 6.92 Å². The van der Waals surface area contributed by atoms with Crippen LogP contribution in [0.3, 0.4) is 0 Å². The molecule has 1 amide bonds. The lowest BCUT2D eigenvalue weighted by molar-refractivity contribution is -0.115. The van der Waals surface area contributed by atoms with E-state index >= 15 is 0 Å². The minimum Gasteiger partial charge on any atom is -0.495 e. The second-order valence-corrected chi connectivity index (χ2v) is 7.99. The Morgan fingerprint density at radius 3 is 2.77 bits per heavy atom. The maximum Gasteiger partial charge on any atom is 0.242 e. The van der Waals surface area contributed by atoms with E-state index in [4.69, 9.17) is 9.15 Å². The van der Waals surface area contributed by atoms with Crippen LogP contribution >= 0.6 is 11.8 Å². The Labute approximate surface area is 184 Å². The molecule has 0 bridgehead atoms. The highest BCUT2D eigenvalue weighted by molar-refractivity contribution is 8.00. The Balaban J connectivity index is 1.61. The van der Waals surface area contributed by atoms with Crippen molar-refractivity contribution in [3.05, 3.63) is 90.1 Å². The first kappa shape index (κ1) is 20.7. The van der Waals surface area contributed by atoms with Crippen LogP contribution in [-0.2, 0) is 11.3 Å². The van der Waals surface area contributed by atoms with Gasteiger partial charge in [0, 0.05) is 0 Å². The predicted molar refractivity (Wildman–Crippen MR) is 119 cm³/mol. The van der Waals surface area contributed by atoms with E-state index < -0.39 is 5.25 Å². The van der Waals surface area contributed by atoms with Crippen molar-refractivity contribution in [2.45, 2.75) is 23.9 Å². The second-order valence-electron chi connectivity index (χ2n) is 6.92. The van der Waals surface area contributed by atoms with Crippen LogP contribution in [-0.4, -0.2) is 27.8 Å². The third-order valence-corrected chi connectivity index (χ3v) is 5.91. The molecule has 2 heterocycles. The number of thioether (sulfide) groups is 1. The maximum absolute atomic E-state index is 13.4. The Morgan fingerprint density at radius 2 is 2.03 bits per heavy atom. The van der Waals surface area contributed by atoms with Gasteiger partial charge in [-0.25, -0.2) is 0 Å². The van der Waals surface area contributed by atoms with Gasteiger partial charge in [-0.3, -0.25) is 4.79 Å². The Hall–Kier alpha value is -3.52. The first-order valence-electron chi connectivity index (χ1n) is 9.71. The molecule has 0 spiro atoms. The highest BCUT2D eigenvalue weighted by Crippen LogP contribution is 2.36. The number of nitrogens with one attached hydrogen (secondary N) is 1. The number of amides is 1. The van der Waals surface area contributed by atoms with Gasteiger partial charge in [0.1, 0.15) is 23.1 Å².